The maximum atomic E-state index is 4.15. The first kappa shape index (κ1) is 11.3. The molecule has 1 aromatic carbocycles. The summed E-state index contributed by atoms with van der Waals surface area (Å²) in [6.45, 7) is 0. The van der Waals surface area contributed by atoms with Crippen molar-refractivity contribution in [3.8, 4) is 0 Å². The number of hydrogen-bond acceptors (Lipinski definition) is 5. The van der Waals surface area contributed by atoms with Crippen molar-refractivity contribution in [3.05, 3.63) is 48.7 Å². The number of hydrogen-bond donors (Lipinski definition) is 1. The first-order valence-electron chi connectivity index (χ1n) is 5.81. The highest BCUT2D eigenvalue weighted by molar-refractivity contribution is 5.91. The Labute approximate surface area is 109 Å². The number of imidazole rings is 1. The number of benzene rings is 1. The molecule has 0 saturated heterocycles. The molecule has 0 aliphatic rings. The normalized spacial score (nSPS) is 11.2. The Morgan fingerprint density at radius 2 is 2.21 bits per heavy atom. The van der Waals surface area contributed by atoms with Gasteiger partial charge >= 0.3 is 0 Å². The number of anilines is 1. The average Bonchev–Trinajstić information content (AvgIpc) is 2.85. The number of aromatic nitrogens is 4. The van der Waals surface area contributed by atoms with E-state index in [4.69, 9.17) is 0 Å². The van der Waals surface area contributed by atoms with Gasteiger partial charge in [0.1, 0.15) is 0 Å². The van der Waals surface area contributed by atoms with Crippen LogP contribution in [0.1, 0.15) is 5.82 Å². The third-order valence-corrected chi connectivity index (χ3v) is 2.78. The number of fused-ring (bicyclic) bond motifs is 1. The third kappa shape index (κ3) is 2.28. The van der Waals surface area contributed by atoms with Crippen molar-refractivity contribution < 1.29 is 0 Å². The summed E-state index contributed by atoms with van der Waals surface area (Å²) in [7, 11) is 1.91. The van der Waals surface area contributed by atoms with Crippen molar-refractivity contribution in [1.82, 2.24) is 19.7 Å². The molecule has 2 aromatic heterocycles. The Bertz CT molecular complexity index is 725. The van der Waals surface area contributed by atoms with E-state index in [0.717, 1.165) is 16.6 Å². The molecule has 0 unspecified atom stereocenters. The highest BCUT2D eigenvalue weighted by Crippen LogP contribution is 2.18. The SMILES string of the molecule is Cn1ccnc1/C=N\Nc1nncc2ccccc12. The van der Waals surface area contributed by atoms with Gasteiger partial charge in [-0.25, -0.2) is 4.98 Å². The zero-order chi connectivity index (χ0) is 13.1. The van der Waals surface area contributed by atoms with Gasteiger partial charge in [-0.15, -0.1) is 5.10 Å². The van der Waals surface area contributed by atoms with Gasteiger partial charge in [-0.3, -0.25) is 5.43 Å². The van der Waals surface area contributed by atoms with Gasteiger partial charge in [0.15, 0.2) is 11.6 Å². The van der Waals surface area contributed by atoms with Crippen LogP contribution in [0.15, 0.2) is 48.0 Å². The summed E-state index contributed by atoms with van der Waals surface area (Å²) < 4.78 is 1.87. The van der Waals surface area contributed by atoms with Gasteiger partial charge in [0.05, 0.1) is 12.4 Å². The third-order valence-electron chi connectivity index (χ3n) is 2.78. The molecule has 0 aliphatic carbocycles. The summed E-state index contributed by atoms with van der Waals surface area (Å²) in [5, 5.41) is 14.1. The molecular weight excluding hydrogens is 240 g/mol. The minimum absolute atomic E-state index is 0.628. The summed E-state index contributed by atoms with van der Waals surface area (Å²) in [5.41, 5.74) is 2.90. The summed E-state index contributed by atoms with van der Waals surface area (Å²) in [4.78, 5) is 4.15. The van der Waals surface area contributed by atoms with E-state index in [0.29, 0.717) is 5.82 Å². The van der Waals surface area contributed by atoms with Crippen LogP contribution in [0.5, 0.6) is 0 Å². The van der Waals surface area contributed by atoms with Crippen LogP contribution in [0.2, 0.25) is 0 Å². The van der Waals surface area contributed by atoms with Gasteiger partial charge in [-0.05, 0) is 0 Å². The van der Waals surface area contributed by atoms with Crippen LogP contribution in [0.4, 0.5) is 5.82 Å². The van der Waals surface area contributed by atoms with E-state index in [1.807, 2.05) is 42.1 Å². The summed E-state index contributed by atoms with van der Waals surface area (Å²) >= 11 is 0. The predicted octanol–water partition coefficient (Wildman–Crippen LogP) is 1.81. The van der Waals surface area contributed by atoms with E-state index in [9.17, 15) is 0 Å². The number of nitrogens with zero attached hydrogens (tertiary/aromatic N) is 5. The Morgan fingerprint density at radius 3 is 3.05 bits per heavy atom. The molecule has 3 rings (SSSR count). The molecule has 0 spiro atoms. The Balaban J connectivity index is 1.86. The first-order chi connectivity index (χ1) is 9.34. The van der Waals surface area contributed by atoms with Crippen molar-refractivity contribution in [2.45, 2.75) is 0 Å². The van der Waals surface area contributed by atoms with Crippen molar-refractivity contribution >= 4 is 22.8 Å². The van der Waals surface area contributed by atoms with Crippen molar-refractivity contribution in [2.24, 2.45) is 12.1 Å². The average molecular weight is 252 g/mol. The molecule has 0 atom stereocenters. The second-order valence-electron chi connectivity index (χ2n) is 4.05. The maximum absolute atomic E-state index is 4.15. The first-order valence-corrected chi connectivity index (χ1v) is 5.81. The van der Waals surface area contributed by atoms with E-state index >= 15 is 0 Å². The van der Waals surface area contributed by atoms with E-state index < -0.39 is 0 Å². The monoisotopic (exact) mass is 252 g/mol. The van der Waals surface area contributed by atoms with Crippen LogP contribution in [0.3, 0.4) is 0 Å². The Hall–Kier alpha value is -2.76. The highest BCUT2D eigenvalue weighted by Gasteiger charge is 2.01. The molecule has 2 heterocycles. The van der Waals surface area contributed by atoms with Gasteiger partial charge in [0.2, 0.25) is 0 Å². The molecule has 6 heteroatoms. The molecule has 0 aliphatic heterocycles. The number of aryl methyl sites for hydroxylation is 1. The van der Waals surface area contributed by atoms with Gasteiger partial charge in [-0.2, -0.15) is 10.2 Å². The fourth-order valence-corrected chi connectivity index (χ4v) is 1.76. The van der Waals surface area contributed by atoms with Crippen molar-refractivity contribution in [3.63, 3.8) is 0 Å². The topological polar surface area (TPSA) is 68.0 Å². The molecule has 0 amide bonds. The van der Waals surface area contributed by atoms with Gasteiger partial charge in [0, 0.05) is 30.2 Å². The quantitative estimate of drug-likeness (QED) is 0.570. The van der Waals surface area contributed by atoms with Crippen LogP contribution < -0.4 is 5.43 Å². The van der Waals surface area contributed by atoms with Crippen LogP contribution in [0, 0.1) is 0 Å². The summed E-state index contributed by atoms with van der Waals surface area (Å²) in [6.07, 6.45) is 6.95. The zero-order valence-corrected chi connectivity index (χ0v) is 10.4. The highest BCUT2D eigenvalue weighted by atomic mass is 15.3. The van der Waals surface area contributed by atoms with Crippen LogP contribution in [-0.2, 0) is 7.05 Å². The minimum Gasteiger partial charge on any atom is -0.333 e. The lowest BCUT2D eigenvalue weighted by molar-refractivity contribution is 0.901. The molecule has 0 bridgehead atoms. The summed E-state index contributed by atoms with van der Waals surface area (Å²) in [6, 6.07) is 7.88. The number of nitrogens with one attached hydrogen (secondary N) is 1. The summed E-state index contributed by atoms with van der Waals surface area (Å²) in [5.74, 6) is 1.39. The lowest BCUT2D eigenvalue weighted by atomic mass is 10.2. The molecule has 19 heavy (non-hydrogen) atoms. The van der Waals surface area contributed by atoms with E-state index in [1.165, 1.54) is 0 Å². The smallest absolute Gasteiger partial charge is 0.176 e. The molecule has 1 N–H and O–H groups in total. The molecule has 0 radical (unpaired) electrons. The lowest BCUT2D eigenvalue weighted by Gasteiger charge is -2.02. The fraction of sp³-hybridized carbons (Fsp3) is 0.0769. The van der Waals surface area contributed by atoms with E-state index in [-0.39, 0.29) is 0 Å². The maximum Gasteiger partial charge on any atom is 0.176 e. The van der Waals surface area contributed by atoms with Gasteiger partial charge in [-0.1, -0.05) is 24.3 Å². The van der Waals surface area contributed by atoms with Crippen molar-refractivity contribution in [1.29, 1.82) is 0 Å². The minimum atomic E-state index is 0.628. The van der Waals surface area contributed by atoms with Crippen LogP contribution >= 0.6 is 0 Å². The largest absolute Gasteiger partial charge is 0.333 e. The molecule has 3 aromatic rings. The lowest BCUT2D eigenvalue weighted by Crippen LogP contribution is -1.99. The Kier molecular flexibility index (Phi) is 2.89. The Morgan fingerprint density at radius 1 is 1.32 bits per heavy atom. The van der Waals surface area contributed by atoms with Crippen molar-refractivity contribution in [2.75, 3.05) is 5.43 Å². The van der Waals surface area contributed by atoms with Crippen LogP contribution in [0.25, 0.3) is 10.8 Å². The predicted molar refractivity (Wildman–Crippen MR) is 74.0 cm³/mol. The second kappa shape index (κ2) is 4.85. The zero-order valence-electron chi connectivity index (χ0n) is 10.4. The molecule has 0 saturated carbocycles. The number of hydrazone groups is 1. The molecule has 94 valence electrons. The van der Waals surface area contributed by atoms with Gasteiger partial charge in [0.25, 0.3) is 0 Å². The van der Waals surface area contributed by atoms with E-state index in [1.54, 1.807) is 18.6 Å². The van der Waals surface area contributed by atoms with Crippen LogP contribution in [-0.4, -0.2) is 26.0 Å². The molecule has 6 nitrogen and oxygen atoms in total. The molecule has 0 fully saturated rings. The number of rotatable bonds is 3. The second-order valence-corrected chi connectivity index (χ2v) is 4.05. The standard InChI is InChI=1S/C13H12N6/c1-19-7-6-14-12(19)9-16-18-13-11-5-3-2-4-10(11)8-15-17-13/h2-9H,1H3,(H,17,18)/b16-9-. The van der Waals surface area contributed by atoms with Gasteiger partial charge < -0.3 is 4.57 Å². The van der Waals surface area contributed by atoms with E-state index in [2.05, 4.69) is 25.7 Å². The molecular formula is C13H12N6. The fourth-order valence-electron chi connectivity index (χ4n) is 1.76.